The van der Waals surface area contributed by atoms with Crippen molar-refractivity contribution in [2.24, 2.45) is 11.1 Å². The highest BCUT2D eigenvalue weighted by Gasteiger charge is 2.20. The van der Waals surface area contributed by atoms with Gasteiger partial charge in [-0.15, -0.1) is 11.3 Å². The summed E-state index contributed by atoms with van der Waals surface area (Å²) in [5.74, 6) is -0.111. The van der Waals surface area contributed by atoms with Crippen molar-refractivity contribution >= 4 is 29.1 Å². The quantitative estimate of drug-likeness (QED) is 0.202. The zero-order chi connectivity index (χ0) is 19.5. The number of nitrogens with zero attached hydrogens (tertiary/aromatic N) is 1. The van der Waals surface area contributed by atoms with Gasteiger partial charge in [-0.05, 0) is 32.1 Å². The average molecular weight is 381 g/mol. The normalized spacial score (nSPS) is 15.0. The number of carbonyl (C=O) groups excluding carboxylic acids is 1. The van der Waals surface area contributed by atoms with Crippen molar-refractivity contribution in [3.63, 3.8) is 0 Å². The van der Waals surface area contributed by atoms with Gasteiger partial charge in [-0.3, -0.25) is 0 Å². The van der Waals surface area contributed by atoms with Crippen molar-refractivity contribution in [2.45, 2.75) is 26.9 Å². The van der Waals surface area contributed by atoms with Crippen LogP contribution in [0.2, 0.25) is 0 Å². The van der Waals surface area contributed by atoms with Crippen LogP contribution in [0.4, 0.5) is 0 Å². The highest BCUT2D eigenvalue weighted by atomic mass is 32.1. The maximum absolute atomic E-state index is 11.5. The topological polar surface area (TPSA) is 66.4 Å². The number of thiophene rings is 1. The standard InChI is InChI=1S/C19H27NO5S/c1-7-25-20-14(3)18-11-9-15(26-18)8-10-16(22-4)13(2)17(23-5)12-19(21)24-6/h8-13,16H,7H2,1-6H3/b10-8+,17-12+,20-14-/t13-,16+/m1/s1. The number of esters is 1. The molecule has 0 amide bonds. The van der Waals surface area contributed by atoms with Gasteiger partial charge in [-0.25, -0.2) is 4.79 Å². The molecule has 1 aromatic heterocycles. The molecule has 0 bridgehead atoms. The van der Waals surface area contributed by atoms with Gasteiger partial charge in [0.1, 0.15) is 12.4 Å². The zero-order valence-electron chi connectivity index (χ0n) is 16.1. The molecule has 0 aliphatic carbocycles. The molecular formula is C19H27NO5S. The van der Waals surface area contributed by atoms with E-state index in [-0.39, 0.29) is 12.0 Å². The van der Waals surface area contributed by atoms with Crippen LogP contribution in [-0.4, -0.2) is 45.7 Å². The third-order valence-electron chi connectivity index (χ3n) is 3.67. The number of hydrogen-bond acceptors (Lipinski definition) is 7. The highest BCUT2D eigenvalue weighted by molar-refractivity contribution is 7.14. The second-order valence-corrected chi connectivity index (χ2v) is 6.53. The molecule has 7 heteroatoms. The van der Waals surface area contributed by atoms with E-state index in [0.29, 0.717) is 12.4 Å². The van der Waals surface area contributed by atoms with E-state index >= 15 is 0 Å². The molecule has 1 rings (SSSR count). The van der Waals surface area contributed by atoms with Crippen LogP contribution in [0.1, 0.15) is 30.5 Å². The Bertz CT molecular complexity index is 663. The molecule has 26 heavy (non-hydrogen) atoms. The number of rotatable bonds is 10. The molecule has 0 fully saturated rings. The van der Waals surface area contributed by atoms with Crippen molar-refractivity contribution < 1.29 is 23.8 Å². The molecule has 0 aliphatic rings. The Morgan fingerprint density at radius 3 is 2.58 bits per heavy atom. The van der Waals surface area contributed by atoms with Gasteiger partial charge in [0.25, 0.3) is 0 Å². The van der Waals surface area contributed by atoms with Gasteiger partial charge in [-0.2, -0.15) is 0 Å². The molecule has 0 aliphatic heterocycles. The summed E-state index contributed by atoms with van der Waals surface area (Å²) in [7, 11) is 4.47. The fraction of sp³-hybridized carbons (Fsp3) is 0.474. The van der Waals surface area contributed by atoms with Crippen LogP contribution in [-0.2, 0) is 23.8 Å². The number of hydrogen-bond donors (Lipinski definition) is 0. The van der Waals surface area contributed by atoms with Crippen molar-refractivity contribution in [3.05, 3.63) is 39.8 Å². The minimum Gasteiger partial charge on any atom is -0.500 e. The fourth-order valence-corrected chi connectivity index (χ4v) is 3.05. The van der Waals surface area contributed by atoms with Gasteiger partial charge >= 0.3 is 5.97 Å². The first kappa shape index (κ1) is 21.9. The molecule has 0 saturated heterocycles. The molecule has 0 aromatic carbocycles. The molecule has 144 valence electrons. The molecular weight excluding hydrogens is 354 g/mol. The first-order valence-corrected chi connectivity index (χ1v) is 9.09. The van der Waals surface area contributed by atoms with Gasteiger partial charge in [-0.1, -0.05) is 18.2 Å². The Balaban J connectivity index is 2.88. The van der Waals surface area contributed by atoms with Gasteiger partial charge in [0, 0.05) is 17.9 Å². The number of ether oxygens (including phenoxy) is 3. The van der Waals surface area contributed by atoms with E-state index in [0.717, 1.165) is 15.5 Å². The third kappa shape index (κ3) is 6.65. The molecule has 0 unspecified atom stereocenters. The molecule has 6 nitrogen and oxygen atoms in total. The van der Waals surface area contributed by atoms with E-state index in [9.17, 15) is 4.79 Å². The Labute approximate surface area is 159 Å². The second-order valence-electron chi connectivity index (χ2n) is 5.42. The minimum atomic E-state index is -0.459. The van der Waals surface area contributed by atoms with Crippen LogP contribution >= 0.6 is 11.3 Å². The second kappa shape index (κ2) is 11.5. The van der Waals surface area contributed by atoms with Crippen molar-refractivity contribution in [1.82, 2.24) is 0 Å². The number of carbonyl (C=O) groups is 1. The SMILES string of the molecule is CCO/N=C(/C)c1ccc(/C=C/[C@H](OC)[C@@H](C)/C(=C\C(=O)OC)OC)s1. The summed E-state index contributed by atoms with van der Waals surface area (Å²) >= 11 is 1.61. The largest absolute Gasteiger partial charge is 0.500 e. The van der Waals surface area contributed by atoms with Gasteiger partial charge in [0.15, 0.2) is 0 Å². The molecule has 2 atom stereocenters. The first-order valence-electron chi connectivity index (χ1n) is 8.28. The summed E-state index contributed by atoms with van der Waals surface area (Å²) in [5, 5.41) is 4.05. The monoisotopic (exact) mass is 381 g/mol. The van der Waals surface area contributed by atoms with E-state index in [1.54, 1.807) is 18.4 Å². The van der Waals surface area contributed by atoms with Crippen LogP contribution in [0, 0.1) is 5.92 Å². The summed E-state index contributed by atoms with van der Waals surface area (Å²) in [6.07, 6.45) is 5.01. The van der Waals surface area contributed by atoms with E-state index in [4.69, 9.17) is 14.3 Å². The fourth-order valence-electron chi connectivity index (χ4n) is 2.20. The lowest BCUT2D eigenvalue weighted by Crippen LogP contribution is -2.21. The predicted octanol–water partition coefficient (Wildman–Crippen LogP) is 3.88. The first-order chi connectivity index (χ1) is 12.5. The molecule has 0 N–H and O–H groups in total. The molecule has 0 saturated carbocycles. The lowest BCUT2D eigenvalue weighted by molar-refractivity contribution is -0.135. The van der Waals surface area contributed by atoms with Crippen LogP contribution in [0.25, 0.3) is 6.08 Å². The van der Waals surface area contributed by atoms with Crippen LogP contribution in [0.5, 0.6) is 0 Å². The van der Waals surface area contributed by atoms with Crippen molar-refractivity contribution in [2.75, 3.05) is 27.9 Å². The van der Waals surface area contributed by atoms with Crippen molar-refractivity contribution in [1.29, 1.82) is 0 Å². The maximum atomic E-state index is 11.5. The van der Waals surface area contributed by atoms with Gasteiger partial charge < -0.3 is 19.0 Å². The highest BCUT2D eigenvalue weighted by Crippen LogP contribution is 2.23. The minimum absolute atomic E-state index is 0.152. The number of methoxy groups -OCH3 is 3. The predicted molar refractivity (Wildman–Crippen MR) is 104 cm³/mol. The van der Waals surface area contributed by atoms with Gasteiger partial charge in [0.05, 0.1) is 37.0 Å². The zero-order valence-corrected chi connectivity index (χ0v) is 17.0. The average Bonchev–Trinajstić information content (AvgIpc) is 3.13. The molecule has 0 spiro atoms. The Morgan fingerprint density at radius 1 is 1.27 bits per heavy atom. The maximum Gasteiger partial charge on any atom is 0.333 e. The summed E-state index contributed by atoms with van der Waals surface area (Å²) < 4.78 is 15.5. The van der Waals surface area contributed by atoms with E-state index < -0.39 is 5.97 Å². The van der Waals surface area contributed by atoms with E-state index in [1.165, 1.54) is 20.3 Å². The lowest BCUT2D eigenvalue weighted by atomic mass is 10.0. The molecule has 0 radical (unpaired) electrons. The van der Waals surface area contributed by atoms with E-state index in [1.807, 2.05) is 45.1 Å². The Kier molecular flexibility index (Phi) is 9.69. The molecule has 1 aromatic rings. The molecule has 1 heterocycles. The van der Waals surface area contributed by atoms with Crippen molar-refractivity contribution in [3.8, 4) is 0 Å². The Morgan fingerprint density at radius 2 is 2.00 bits per heavy atom. The third-order valence-corrected chi connectivity index (χ3v) is 4.83. The number of oxime groups is 1. The summed E-state index contributed by atoms with van der Waals surface area (Å²) in [6, 6.07) is 4.02. The summed E-state index contributed by atoms with van der Waals surface area (Å²) in [5.41, 5.74) is 0.843. The Hall–Kier alpha value is -2.12. The smallest absolute Gasteiger partial charge is 0.333 e. The van der Waals surface area contributed by atoms with Gasteiger partial charge in [0.2, 0.25) is 0 Å². The summed E-state index contributed by atoms with van der Waals surface area (Å²) in [4.78, 5) is 18.7. The van der Waals surface area contributed by atoms with Crippen LogP contribution in [0.3, 0.4) is 0 Å². The van der Waals surface area contributed by atoms with Crippen LogP contribution < -0.4 is 0 Å². The van der Waals surface area contributed by atoms with Crippen LogP contribution in [0.15, 0.2) is 35.2 Å². The van der Waals surface area contributed by atoms with E-state index in [2.05, 4.69) is 9.89 Å². The summed E-state index contributed by atoms with van der Waals surface area (Å²) in [6.45, 7) is 6.28. The lowest BCUT2D eigenvalue weighted by Gasteiger charge is -2.21.